The summed E-state index contributed by atoms with van der Waals surface area (Å²) in [5.41, 5.74) is 0.523. The number of hydrogen-bond acceptors (Lipinski definition) is 3. The lowest BCUT2D eigenvalue weighted by molar-refractivity contribution is 0.0761. The lowest BCUT2D eigenvalue weighted by atomic mass is 10.2. The van der Waals surface area contributed by atoms with E-state index >= 15 is 0 Å². The van der Waals surface area contributed by atoms with E-state index in [-0.39, 0.29) is 5.91 Å². The zero-order valence-electron chi connectivity index (χ0n) is 10.8. The Hall–Kier alpha value is -1.13. The van der Waals surface area contributed by atoms with Gasteiger partial charge in [-0.15, -0.1) is 0 Å². The summed E-state index contributed by atoms with van der Waals surface area (Å²) in [4.78, 5) is 20.2. The lowest BCUT2D eigenvalue weighted by Crippen LogP contribution is -2.39. The summed E-state index contributed by atoms with van der Waals surface area (Å²) in [6, 6.07) is 2.12. The van der Waals surface area contributed by atoms with Crippen molar-refractivity contribution in [2.45, 2.75) is 18.9 Å². The van der Waals surface area contributed by atoms with Gasteiger partial charge in [0.2, 0.25) is 0 Å². The number of carbonyl (C=O) groups excluding carboxylic acids is 1. The third kappa shape index (κ3) is 2.82. The van der Waals surface area contributed by atoms with Crippen LogP contribution in [0.2, 0.25) is 5.02 Å². The molecule has 1 aromatic heterocycles. The lowest BCUT2D eigenvalue weighted by Gasteiger charge is -2.26. The number of hydrogen-bond donors (Lipinski definition) is 0. The van der Waals surface area contributed by atoms with Gasteiger partial charge in [-0.1, -0.05) is 11.6 Å². The minimum Gasteiger partial charge on any atom is -0.340 e. The molecule has 0 aromatic carbocycles. The van der Waals surface area contributed by atoms with Crippen molar-refractivity contribution in [2.24, 2.45) is 0 Å². The number of likely N-dealkylation sites (tertiary alicyclic amines) is 1. The van der Waals surface area contributed by atoms with E-state index in [1.807, 2.05) is 7.05 Å². The van der Waals surface area contributed by atoms with Crippen molar-refractivity contribution in [2.75, 3.05) is 27.2 Å². The molecule has 1 aliphatic rings. The molecule has 1 saturated heterocycles. The Bertz CT molecular complexity index is 438. The zero-order valence-corrected chi connectivity index (χ0v) is 11.5. The molecule has 98 valence electrons. The van der Waals surface area contributed by atoms with Gasteiger partial charge in [-0.2, -0.15) is 0 Å². The fourth-order valence-corrected chi connectivity index (χ4v) is 2.56. The van der Waals surface area contributed by atoms with Crippen LogP contribution in [0.3, 0.4) is 0 Å². The Labute approximate surface area is 113 Å². The van der Waals surface area contributed by atoms with Gasteiger partial charge >= 0.3 is 0 Å². The van der Waals surface area contributed by atoms with Crippen molar-refractivity contribution in [3.05, 3.63) is 29.0 Å². The monoisotopic (exact) mass is 267 g/mol. The van der Waals surface area contributed by atoms with Gasteiger partial charge in [0.25, 0.3) is 5.91 Å². The number of amides is 1. The van der Waals surface area contributed by atoms with Gasteiger partial charge in [-0.25, -0.2) is 0 Å². The highest BCUT2D eigenvalue weighted by Gasteiger charge is 2.24. The highest BCUT2D eigenvalue weighted by Crippen LogP contribution is 2.18. The SMILES string of the molecule is CN(CC1CCCN1C)C(=O)c1ccncc1Cl. The second-order valence-electron chi connectivity index (χ2n) is 4.82. The molecule has 1 atom stereocenters. The van der Waals surface area contributed by atoms with Gasteiger partial charge in [0.1, 0.15) is 0 Å². The van der Waals surface area contributed by atoms with Gasteiger partial charge in [-0.05, 0) is 32.5 Å². The molecule has 4 nitrogen and oxygen atoms in total. The molecule has 2 rings (SSSR count). The molecule has 0 aliphatic carbocycles. The molecule has 1 amide bonds. The predicted octanol–water partition coefficient (Wildman–Crippen LogP) is 1.90. The highest BCUT2D eigenvalue weighted by molar-refractivity contribution is 6.33. The van der Waals surface area contributed by atoms with Crippen LogP contribution in [0.1, 0.15) is 23.2 Å². The van der Waals surface area contributed by atoms with Crippen molar-refractivity contribution in [1.82, 2.24) is 14.8 Å². The Balaban J connectivity index is 2.03. The third-order valence-corrected chi connectivity index (χ3v) is 3.81. The van der Waals surface area contributed by atoms with E-state index in [1.165, 1.54) is 12.6 Å². The first kappa shape index (κ1) is 13.3. The average molecular weight is 268 g/mol. The van der Waals surface area contributed by atoms with Crippen LogP contribution < -0.4 is 0 Å². The molecule has 0 saturated carbocycles. The topological polar surface area (TPSA) is 36.4 Å². The van der Waals surface area contributed by atoms with E-state index in [4.69, 9.17) is 11.6 Å². The van der Waals surface area contributed by atoms with Gasteiger partial charge in [0.05, 0.1) is 10.6 Å². The molecule has 0 N–H and O–H groups in total. The first-order chi connectivity index (χ1) is 8.59. The molecule has 1 aliphatic heterocycles. The van der Waals surface area contributed by atoms with E-state index in [1.54, 1.807) is 17.2 Å². The molecular weight excluding hydrogens is 250 g/mol. The summed E-state index contributed by atoms with van der Waals surface area (Å²) >= 11 is 5.99. The zero-order chi connectivity index (χ0) is 13.1. The third-order valence-electron chi connectivity index (χ3n) is 3.51. The maximum absolute atomic E-state index is 12.3. The van der Waals surface area contributed by atoms with Crippen LogP contribution in [0, 0.1) is 0 Å². The molecule has 5 heteroatoms. The van der Waals surface area contributed by atoms with Gasteiger partial charge in [0, 0.05) is 32.0 Å². The first-order valence-corrected chi connectivity index (χ1v) is 6.52. The van der Waals surface area contributed by atoms with Crippen LogP contribution in [0.5, 0.6) is 0 Å². The van der Waals surface area contributed by atoms with Crippen molar-refractivity contribution in [1.29, 1.82) is 0 Å². The van der Waals surface area contributed by atoms with E-state index in [0.29, 0.717) is 16.6 Å². The second-order valence-corrected chi connectivity index (χ2v) is 5.23. The predicted molar refractivity (Wildman–Crippen MR) is 71.9 cm³/mol. The Morgan fingerprint density at radius 2 is 2.44 bits per heavy atom. The molecule has 1 unspecified atom stereocenters. The number of likely N-dealkylation sites (N-methyl/N-ethyl adjacent to an activating group) is 2. The van der Waals surface area contributed by atoms with Crippen LogP contribution in [-0.2, 0) is 0 Å². The quantitative estimate of drug-likeness (QED) is 0.839. The maximum Gasteiger partial charge on any atom is 0.255 e. The maximum atomic E-state index is 12.3. The number of aromatic nitrogens is 1. The van der Waals surface area contributed by atoms with Crippen molar-refractivity contribution < 1.29 is 4.79 Å². The minimum absolute atomic E-state index is 0.0392. The average Bonchev–Trinajstić information content (AvgIpc) is 2.75. The van der Waals surface area contributed by atoms with Gasteiger partial charge in [0.15, 0.2) is 0 Å². The number of carbonyl (C=O) groups is 1. The number of pyridine rings is 1. The Morgan fingerprint density at radius 3 is 3.06 bits per heavy atom. The molecule has 18 heavy (non-hydrogen) atoms. The summed E-state index contributed by atoms with van der Waals surface area (Å²) in [6.45, 7) is 1.86. The van der Waals surface area contributed by atoms with Crippen LogP contribution >= 0.6 is 11.6 Å². The molecule has 1 fully saturated rings. The van der Waals surface area contributed by atoms with E-state index in [2.05, 4.69) is 16.9 Å². The van der Waals surface area contributed by atoms with Crippen molar-refractivity contribution >= 4 is 17.5 Å². The van der Waals surface area contributed by atoms with Crippen LogP contribution in [0.15, 0.2) is 18.5 Å². The van der Waals surface area contributed by atoms with Crippen LogP contribution in [0.4, 0.5) is 0 Å². The van der Waals surface area contributed by atoms with Crippen LogP contribution in [-0.4, -0.2) is 53.9 Å². The molecule has 1 aromatic rings. The molecular formula is C13H18ClN3O. The first-order valence-electron chi connectivity index (χ1n) is 6.15. The minimum atomic E-state index is -0.0392. The van der Waals surface area contributed by atoms with E-state index in [9.17, 15) is 4.79 Å². The van der Waals surface area contributed by atoms with Gasteiger partial charge < -0.3 is 9.80 Å². The van der Waals surface area contributed by atoms with Crippen molar-refractivity contribution in [3.8, 4) is 0 Å². The van der Waals surface area contributed by atoms with Crippen molar-refractivity contribution in [3.63, 3.8) is 0 Å². The summed E-state index contributed by atoms with van der Waals surface area (Å²) in [5, 5.41) is 0.411. The largest absolute Gasteiger partial charge is 0.340 e. The van der Waals surface area contributed by atoms with E-state index in [0.717, 1.165) is 19.5 Å². The van der Waals surface area contributed by atoms with E-state index < -0.39 is 0 Å². The molecule has 0 spiro atoms. The normalized spacial score (nSPS) is 20.1. The smallest absolute Gasteiger partial charge is 0.255 e. The number of halogens is 1. The standard InChI is InChI=1S/C13H18ClN3O/c1-16-7-3-4-10(16)9-17(2)13(18)11-5-6-15-8-12(11)14/h5-6,8,10H,3-4,7,9H2,1-2H3. The fourth-order valence-electron chi connectivity index (χ4n) is 2.36. The summed E-state index contributed by atoms with van der Waals surface area (Å²) < 4.78 is 0. The Kier molecular flexibility index (Phi) is 4.19. The number of nitrogens with zero attached hydrogens (tertiary/aromatic N) is 3. The molecule has 0 radical (unpaired) electrons. The van der Waals surface area contributed by atoms with Gasteiger partial charge in [-0.3, -0.25) is 9.78 Å². The fraction of sp³-hybridized carbons (Fsp3) is 0.538. The number of rotatable bonds is 3. The Morgan fingerprint density at radius 1 is 1.67 bits per heavy atom. The summed E-state index contributed by atoms with van der Waals surface area (Å²) in [7, 11) is 3.93. The molecule has 0 bridgehead atoms. The molecule has 2 heterocycles. The van der Waals surface area contributed by atoms with Crippen LogP contribution in [0.25, 0.3) is 0 Å². The highest BCUT2D eigenvalue weighted by atomic mass is 35.5. The second kappa shape index (κ2) is 5.67. The summed E-state index contributed by atoms with van der Waals surface area (Å²) in [5.74, 6) is -0.0392. The summed E-state index contributed by atoms with van der Waals surface area (Å²) in [6.07, 6.45) is 5.45.